The van der Waals surface area contributed by atoms with Crippen molar-refractivity contribution in [3.05, 3.63) is 30.1 Å². The van der Waals surface area contributed by atoms with Gasteiger partial charge in [-0.25, -0.2) is 0 Å². The maximum Gasteiger partial charge on any atom is 0.140 e. The maximum atomic E-state index is 8.53. The van der Waals surface area contributed by atoms with Gasteiger partial charge in [-0.15, -0.1) is 0 Å². The highest BCUT2D eigenvalue weighted by Gasteiger charge is 2.10. The molecule has 0 aromatic carbocycles. The Morgan fingerprint density at radius 1 is 1.50 bits per heavy atom. The third-order valence-corrected chi connectivity index (χ3v) is 2.92. The molecule has 5 heteroatoms. The molecule has 3 N–H and O–H groups in total. The van der Waals surface area contributed by atoms with Crippen LogP contribution in [0.4, 0.5) is 0 Å². The van der Waals surface area contributed by atoms with Crippen LogP contribution in [0.3, 0.4) is 0 Å². The van der Waals surface area contributed by atoms with Gasteiger partial charge in [0.15, 0.2) is 0 Å². The highest BCUT2D eigenvalue weighted by atomic mass is 16.4. The largest absolute Gasteiger partial charge is 0.409 e. The van der Waals surface area contributed by atoms with Crippen molar-refractivity contribution in [1.82, 2.24) is 9.88 Å². The summed E-state index contributed by atoms with van der Waals surface area (Å²) in [6.45, 7) is 6.04. The van der Waals surface area contributed by atoms with Crippen LogP contribution in [0.1, 0.15) is 25.8 Å². The van der Waals surface area contributed by atoms with Crippen molar-refractivity contribution in [3.8, 4) is 0 Å². The zero-order valence-electron chi connectivity index (χ0n) is 11.1. The molecule has 1 aromatic heterocycles. The lowest BCUT2D eigenvalue weighted by atomic mass is 10.2. The highest BCUT2D eigenvalue weighted by molar-refractivity contribution is 5.79. The minimum absolute atomic E-state index is 0.280. The molecule has 1 aromatic rings. The molecule has 0 radical (unpaired) electrons. The van der Waals surface area contributed by atoms with E-state index in [9.17, 15) is 0 Å². The number of hydrogen-bond acceptors (Lipinski definition) is 4. The number of pyridine rings is 1. The van der Waals surface area contributed by atoms with Crippen molar-refractivity contribution in [1.29, 1.82) is 0 Å². The molecule has 5 nitrogen and oxygen atoms in total. The third-order valence-electron chi connectivity index (χ3n) is 2.92. The normalized spacial score (nSPS) is 12.3. The van der Waals surface area contributed by atoms with Crippen molar-refractivity contribution >= 4 is 5.84 Å². The number of rotatable bonds is 7. The zero-order chi connectivity index (χ0) is 13.4. The van der Waals surface area contributed by atoms with Crippen molar-refractivity contribution in [2.75, 3.05) is 13.1 Å². The predicted octanol–water partition coefficient (Wildman–Crippen LogP) is 1.47. The van der Waals surface area contributed by atoms with Crippen molar-refractivity contribution in [2.45, 2.75) is 32.7 Å². The molecule has 0 atom stereocenters. The molecule has 0 bridgehead atoms. The molecule has 0 amide bonds. The van der Waals surface area contributed by atoms with Crippen LogP contribution in [0.2, 0.25) is 0 Å². The first-order chi connectivity index (χ1) is 8.63. The van der Waals surface area contributed by atoms with Gasteiger partial charge < -0.3 is 15.8 Å². The summed E-state index contributed by atoms with van der Waals surface area (Å²) in [7, 11) is 0. The summed E-state index contributed by atoms with van der Waals surface area (Å²) in [5, 5.41) is 11.5. The fourth-order valence-corrected chi connectivity index (χ4v) is 1.76. The molecule has 18 heavy (non-hydrogen) atoms. The minimum atomic E-state index is 0.280. The van der Waals surface area contributed by atoms with Gasteiger partial charge in [-0.1, -0.05) is 11.2 Å². The van der Waals surface area contributed by atoms with Gasteiger partial charge in [0.05, 0.1) is 0 Å². The number of amidine groups is 1. The first kappa shape index (κ1) is 14.4. The van der Waals surface area contributed by atoms with Crippen LogP contribution in [0.15, 0.2) is 29.7 Å². The number of hydrogen-bond donors (Lipinski definition) is 2. The average Bonchev–Trinajstić information content (AvgIpc) is 2.39. The topological polar surface area (TPSA) is 74.7 Å². The molecule has 0 fully saturated rings. The Morgan fingerprint density at radius 3 is 2.83 bits per heavy atom. The second-order valence-corrected chi connectivity index (χ2v) is 4.58. The van der Waals surface area contributed by atoms with Gasteiger partial charge in [0.25, 0.3) is 0 Å². The molecule has 0 aliphatic carbocycles. The summed E-state index contributed by atoms with van der Waals surface area (Å²) in [6, 6.07) is 4.47. The third kappa shape index (κ3) is 5.14. The molecular weight excluding hydrogens is 228 g/mol. The molecule has 100 valence electrons. The monoisotopic (exact) mass is 250 g/mol. The van der Waals surface area contributed by atoms with Crippen LogP contribution < -0.4 is 5.73 Å². The quantitative estimate of drug-likeness (QED) is 0.332. The van der Waals surface area contributed by atoms with Gasteiger partial charge in [-0.2, -0.15) is 0 Å². The van der Waals surface area contributed by atoms with Crippen molar-refractivity contribution in [3.63, 3.8) is 0 Å². The summed E-state index contributed by atoms with van der Waals surface area (Å²) >= 11 is 0. The van der Waals surface area contributed by atoms with Crippen LogP contribution in [-0.4, -0.2) is 40.1 Å². The Hall–Kier alpha value is -1.62. The summed E-state index contributed by atoms with van der Waals surface area (Å²) < 4.78 is 0. The lowest BCUT2D eigenvalue weighted by Crippen LogP contribution is -2.35. The summed E-state index contributed by atoms with van der Waals surface area (Å²) in [5.74, 6) is 0.280. The summed E-state index contributed by atoms with van der Waals surface area (Å²) in [5.41, 5.74) is 6.72. The Morgan fingerprint density at radius 2 is 2.28 bits per heavy atom. The van der Waals surface area contributed by atoms with Crippen LogP contribution in [0.25, 0.3) is 0 Å². The van der Waals surface area contributed by atoms with Crippen LogP contribution in [0, 0.1) is 0 Å². The van der Waals surface area contributed by atoms with E-state index in [2.05, 4.69) is 35.0 Å². The lowest BCUT2D eigenvalue weighted by Gasteiger charge is -2.26. The standard InChI is InChI=1S/C13H22N4O/c1-11(2)17(9-6-13(14)16-18)8-5-12-4-3-7-15-10-12/h3-4,7,10-11,18H,5-6,8-9H2,1-2H3,(H2,14,16). The minimum Gasteiger partial charge on any atom is -0.409 e. The Kier molecular flexibility index (Phi) is 6.14. The second-order valence-electron chi connectivity index (χ2n) is 4.58. The van der Waals surface area contributed by atoms with E-state index in [-0.39, 0.29) is 5.84 Å². The van der Waals surface area contributed by atoms with Gasteiger partial charge in [-0.3, -0.25) is 4.98 Å². The molecule has 0 aliphatic heterocycles. The zero-order valence-corrected chi connectivity index (χ0v) is 11.1. The van der Waals surface area contributed by atoms with E-state index in [1.54, 1.807) is 6.20 Å². The Balaban J connectivity index is 2.43. The summed E-state index contributed by atoms with van der Waals surface area (Å²) in [6.07, 6.45) is 5.22. The van der Waals surface area contributed by atoms with Gasteiger partial charge in [0, 0.05) is 37.9 Å². The molecule has 0 spiro atoms. The molecule has 1 rings (SSSR count). The van der Waals surface area contributed by atoms with E-state index in [0.29, 0.717) is 12.5 Å². The van der Waals surface area contributed by atoms with E-state index in [1.165, 1.54) is 5.56 Å². The molecule has 1 heterocycles. The first-order valence-electron chi connectivity index (χ1n) is 6.23. The molecule has 0 unspecified atom stereocenters. The Labute approximate surface area is 108 Å². The highest BCUT2D eigenvalue weighted by Crippen LogP contribution is 2.04. The first-order valence-corrected chi connectivity index (χ1v) is 6.23. The van der Waals surface area contributed by atoms with E-state index in [0.717, 1.165) is 19.5 Å². The molecule has 0 saturated heterocycles. The van der Waals surface area contributed by atoms with Crippen LogP contribution >= 0.6 is 0 Å². The molecule has 0 aliphatic rings. The van der Waals surface area contributed by atoms with Crippen molar-refractivity contribution in [2.24, 2.45) is 10.9 Å². The maximum absolute atomic E-state index is 8.53. The predicted molar refractivity (Wildman–Crippen MR) is 72.7 cm³/mol. The second kappa shape index (κ2) is 7.66. The average molecular weight is 250 g/mol. The molecular formula is C13H22N4O. The van der Waals surface area contributed by atoms with Gasteiger partial charge in [-0.05, 0) is 31.9 Å². The SMILES string of the molecule is CC(C)N(CCC(N)=NO)CCc1cccnc1. The van der Waals surface area contributed by atoms with Gasteiger partial charge in [0.2, 0.25) is 0 Å². The van der Waals surface area contributed by atoms with E-state index < -0.39 is 0 Å². The lowest BCUT2D eigenvalue weighted by molar-refractivity contribution is 0.229. The fraction of sp³-hybridized carbons (Fsp3) is 0.538. The Bertz CT molecular complexity index is 365. The van der Waals surface area contributed by atoms with Gasteiger partial charge in [0.1, 0.15) is 5.84 Å². The van der Waals surface area contributed by atoms with Crippen LogP contribution in [0.5, 0.6) is 0 Å². The van der Waals surface area contributed by atoms with E-state index in [1.807, 2.05) is 12.3 Å². The summed E-state index contributed by atoms with van der Waals surface area (Å²) in [4.78, 5) is 6.41. The van der Waals surface area contributed by atoms with E-state index in [4.69, 9.17) is 10.9 Å². The van der Waals surface area contributed by atoms with Crippen molar-refractivity contribution < 1.29 is 5.21 Å². The number of nitrogens with zero attached hydrogens (tertiary/aromatic N) is 3. The van der Waals surface area contributed by atoms with Crippen LogP contribution in [-0.2, 0) is 6.42 Å². The van der Waals surface area contributed by atoms with Gasteiger partial charge >= 0.3 is 0 Å². The number of nitrogens with two attached hydrogens (primary N) is 1. The fourth-order valence-electron chi connectivity index (χ4n) is 1.76. The number of oxime groups is 1. The number of aromatic nitrogens is 1. The smallest absolute Gasteiger partial charge is 0.140 e. The molecule has 0 saturated carbocycles. The van der Waals surface area contributed by atoms with E-state index >= 15 is 0 Å².